The van der Waals surface area contributed by atoms with Crippen molar-refractivity contribution in [1.29, 1.82) is 0 Å². The first-order valence-corrected chi connectivity index (χ1v) is 6.65. The van der Waals surface area contributed by atoms with Gasteiger partial charge in [-0.2, -0.15) is 15.1 Å². The maximum atomic E-state index is 5.72. The Hall–Kier alpha value is -2.63. The molecule has 2 aromatic heterocycles. The normalized spacial score (nSPS) is 13.6. The number of aromatic amines is 1. The molecule has 0 fully saturated rings. The number of aryl methyl sites for hydroxylation is 2. The first-order chi connectivity index (χ1) is 9.79. The Labute approximate surface area is 115 Å². The lowest BCUT2D eigenvalue weighted by atomic mass is 10.1. The second-order valence-electron chi connectivity index (χ2n) is 5.02. The molecule has 4 rings (SSSR count). The quantitative estimate of drug-likeness (QED) is 0.661. The molecule has 1 aliphatic carbocycles. The highest BCUT2D eigenvalue weighted by molar-refractivity contribution is 5.88. The molecule has 0 radical (unpaired) electrons. The fourth-order valence-electron chi connectivity index (χ4n) is 2.73. The minimum atomic E-state index is 0.227. The van der Waals surface area contributed by atoms with Crippen LogP contribution in [0.5, 0.6) is 0 Å². The van der Waals surface area contributed by atoms with Gasteiger partial charge in [0.1, 0.15) is 5.82 Å². The number of aromatic nitrogens is 4. The van der Waals surface area contributed by atoms with Gasteiger partial charge in [0.2, 0.25) is 5.95 Å². The Morgan fingerprint density at radius 3 is 3.00 bits per heavy atom. The van der Waals surface area contributed by atoms with Crippen molar-refractivity contribution in [3.05, 3.63) is 35.5 Å². The molecule has 100 valence electrons. The second-order valence-corrected chi connectivity index (χ2v) is 5.02. The number of hydrogen-bond donors (Lipinski definition) is 3. The minimum Gasteiger partial charge on any atom is -0.368 e. The summed E-state index contributed by atoms with van der Waals surface area (Å²) in [6, 6.07) is 6.45. The molecule has 1 aromatic carbocycles. The smallest absolute Gasteiger partial charge is 0.224 e. The van der Waals surface area contributed by atoms with Gasteiger partial charge in [0.05, 0.1) is 11.6 Å². The van der Waals surface area contributed by atoms with Crippen LogP contribution >= 0.6 is 0 Å². The van der Waals surface area contributed by atoms with Gasteiger partial charge in [0.15, 0.2) is 5.65 Å². The van der Waals surface area contributed by atoms with E-state index in [-0.39, 0.29) is 5.95 Å². The highest BCUT2D eigenvalue weighted by Gasteiger charge is 2.12. The van der Waals surface area contributed by atoms with Crippen LogP contribution in [-0.2, 0) is 12.8 Å². The summed E-state index contributed by atoms with van der Waals surface area (Å²) >= 11 is 0. The molecule has 0 atom stereocenters. The van der Waals surface area contributed by atoms with E-state index < -0.39 is 0 Å². The lowest BCUT2D eigenvalue weighted by Gasteiger charge is -2.09. The molecule has 2 heterocycles. The van der Waals surface area contributed by atoms with Crippen molar-refractivity contribution in [1.82, 2.24) is 20.2 Å². The van der Waals surface area contributed by atoms with Crippen LogP contribution in [0.25, 0.3) is 11.0 Å². The molecule has 3 aromatic rings. The van der Waals surface area contributed by atoms with Gasteiger partial charge in [-0.1, -0.05) is 6.07 Å². The van der Waals surface area contributed by atoms with Crippen molar-refractivity contribution in [2.24, 2.45) is 0 Å². The van der Waals surface area contributed by atoms with Crippen molar-refractivity contribution in [2.75, 3.05) is 11.1 Å². The number of nitrogens with two attached hydrogens (primary N) is 1. The molecule has 0 spiro atoms. The van der Waals surface area contributed by atoms with Crippen LogP contribution in [0.4, 0.5) is 17.5 Å². The molecule has 0 saturated heterocycles. The number of rotatable bonds is 2. The van der Waals surface area contributed by atoms with Crippen molar-refractivity contribution in [3.8, 4) is 0 Å². The molecule has 0 bridgehead atoms. The largest absolute Gasteiger partial charge is 0.368 e. The van der Waals surface area contributed by atoms with Gasteiger partial charge in [-0.15, -0.1) is 0 Å². The van der Waals surface area contributed by atoms with E-state index in [1.807, 2.05) is 0 Å². The highest BCUT2D eigenvalue weighted by Crippen LogP contribution is 2.28. The van der Waals surface area contributed by atoms with E-state index in [0.29, 0.717) is 11.5 Å². The third kappa shape index (κ3) is 1.77. The van der Waals surface area contributed by atoms with E-state index >= 15 is 0 Å². The van der Waals surface area contributed by atoms with Gasteiger partial charge in [0, 0.05) is 5.69 Å². The number of anilines is 3. The van der Waals surface area contributed by atoms with E-state index in [2.05, 4.69) is 43.7 Å². The topological polar surface area (TPSA) is 92.5 Å². The van der Waals surface area contributed by atoms with Crippen molar-refractivity contribution >= 4 is 28.5 Å². The van der Waals surface area contributed by atoms with E-state index in [1.54, 1.807) is 6.20 Å². The molecule has 0 unspecified atom stereocenters. The third-order valence-electron chi connectivity index (χ3n) is 3.69. The number of nitrogens with one attached hydrogen (secondary N) is 2. The summed E-state index contributed by atoms with van der Waals surface area (Å²) in [5.74, 6) is 0.907. The summed E-state index contributed by atoms with van der Waals surface area (Å²) in [6.07, 6.45) is 5.27. The zero-order valence-corrected chi connectivity index (χ0v) is 10.8. The van der Waals surface area contributed by atoms with Gasteiger partial charge in [0.25, 0.3) is 0 Å². The minimum absolute atomic E-state index is 0.227. The summed E-state index contributed by atoms with van der Waals surface area (Å²) in [5.41, 5.74) is 10.2. The van der Waals surface area contributed by atoms with Crippen LogP contribution in [0, 0.1) is 0 Å². The molecule has 0 amide bonds. The lowest BCUT2D eigenvalue weighted by Crippen LogP contribution is -2.01. The molecule has 0 aliphatic heterocycles. The number of hydrogen-bond acceptors (Lipinski definition) is 5. The summed E-state index contributed by atoms with van der Waals surface area (Å²) in [7, 11) is 0. The van der Waals surface area contributed by atoms with Crippen LogP contribution in [0.2, 0.25) is 0 Å². The van der Waals surface area contributed by atoms with Gasteiger partial charge >= 0.3 is 0 Å². The predicted octanol–water partition coefficient (Wildman–Crippen LogP) is 2.17. The molecule has 6 nitrogen and oxygen atoms in total. The van der Waals surface area contributed by atoms with Crippen LogP contribution in [0.15, 0.2) is 24.4 Å². The molecular formula is C14H14N6. The van der Waals surface area contributed by atoms with Gasteiger partial charge in [-0.05, 0) is 42.5 Å². The number of benzene rings is 1. The highest BCUT2D eigenvalue weighted by atomic mass is 15.2. The Balaban J connectivity index is 1.75. The molecule has 6 heteroatoms. The fraction of sp³-hybridized carbons (Fsp3) is 0.214. The van der Waals surface area contributed by atoms with Gasteiger partial charge in [-0.3, -0.25) is 5.10 Å². The average molecular weight is 266 g/mol. The Morgan fingerprint density at radius 1 is 1.15 bits per heavy atom. The summed E-state index contributed by atoms with van der Waals surface area (Å²) in [4.78, 5) is 8.36. The SMILES string of the molecule is Nc1nc(Nc2ccc3c(c2)CCC3)c2cn[nH]c2n1. The fourth-order valence-corrected chi connectivity index (χ4v) is 2.73. The van der Waals surface area contributed by atoms with E-state index in [0.717, 1.165) is 17.5 Å². The summed E-state index contributed by atoms with van der Waals surface area (Å²) in [6.45, 7) is 0. The van der Waals surface area contributed by atoms with Crippen molar-refractivity contribution in [3.63, 3.8) is 0 Å². The second kappa shape index (κ2) is 4.19. The van der Waals surface area contributed by atoms with Gasteiger partial charge < -0.3 is 11.1 Å². The van der Waals surface area contributed by atoms with E-state index in [1.165, 1.54) is 24.0 Å². The standard InChI is InChI=1S/C14H14N6/c15-14-18-12(11-7-16-20-13(11)19-14)17-10-5-4-8-2-1-3-9(8)6-10/h4-7H,1-3H2,(H4,15,16,17,18,19,20). The molecule has 1 aliphatic rings. The van der Waals surface area contributed by atoms with Gasteiger partial charge in [-0.25, -0.2) is 0 Å². The summed E-state index contributed by atoms with van der Waals surface area (Å²) < 4.78 is 0. The number of nitrogens with zero attached hydrogens (tertiary/aromatic N) is 3. The van der Waals surface area contributed by atoms with Crippen LogP contribution in [-0.4, -0.2) is 20.2 Å². The van der Waals surface area contributed by atoms with E-state index in [4.69, 9.17) is 5.73 Å². The lowest BCUT2D eigenvalue weighted by molar-refractivity contribution is 0.912. The van der Waals surface area contributed by atoms with Crippen LogP contribution in [0.1, 0.15) is 17.5 Å². The zero-order chi connectivity index (χ0) is 13.5. The maximum absolute atomic E-state index is 5.72. The van der Waals surface area contributed by atoms with Crippen LogP contribution in [0.3, 0.4) is 0 Å². The summed E-state index contributed by atoms with van der Waals surface area (Å²) in [5, 5.41) is 10.9. The van der Waals surface area contributed by atoms with Crippen molar-refractivity contribution in [2.45, 2.75) is 19.3 Å². The average Bonchev–Trinajstić information content (AvgIpc) is 3.05. The third-order valence-corrected chi connectivity index (χ3v) is 3.69. The van der Waals surface area contributed by atoms with E-state index in [9.17, 15) is 0 Å². The monoisotopic (exact) mass is 266 g/mol. The first kappa shape index (κ1) is 11.2. The zero-order valence-electron chi connectivity index (χ0n) is 10.8. The number of fused-ring (bicyclic) bond motifs is 2. The Bertz CT molecular complexity index is 791. The molecule has 0 saturated carbocycles. The molecule has 4 N–H and O–H groups in total. The molecular weight excluding hydrogens is 252 g/mol. The molecule has 20 heavy (non-hydrogen) atoms. The predicted molar refractivity (Wildman–Crippen MR) is 77.8 cm³/mol. The number of nitrogen functional groups attached to an aromatic ring is 1. The Kier molecular flexibility index (Phi) is 2.35. The first-order valence-electron chi connectivity index (χ1n) is 6.65. The van der Waals surface area contributed by atoms with Crippen molar-refractivity contribution < 1.29 is 0 Å². The Morgan fingerprint density at radius 2 is 2.05 bits per heavy atom. The maximum Gasteiger partial charge on any atom is 0.224 e. The number of H-pyrrole nitrogens is 1. The van der Waals surface area contributed by atoms with Crippen LogP contribution < -0.4 is 11.1 Å².